The van der Waals surface area contributed by atoms with Crippen LogP contribution in [0.3, 0.4) is 0 Å². The molecular weight excluding hydrogens is 248 g/mol. The van der Waals surface area contributed by atoms with Crippen molar-refractivity contribution in [2.45, 2.75) is 44.4 Å². The van der Waals surface area contributed by atoms with Crippen molar-refractivity contribution in [1.82, 2.24) is 0 Å². The van der Waals surface area contributed by atoms with E-state index in [1.54, 1.807) is 0 Å². The second-order valence-electron chi connectivity index (χ2n) is 4.56. The molecule has 1 aromatic carbocycles. The van der Waals surface area contributed by atoms with E-state index in [1.807, 2.05) is 0 Å². The lowest BCUT2D eigenvalue weighted by molar-refractivity contribution is 0.526. The van der Waals surface area contributed by atoms with Crippen molar-refractivity contribution in [3.63, 3.8) is 0 Å². The van der Waals surface area contributed by atoms with Gasteiger partial charge >= 0.3 is 0 Å². The Labute approximate surface area is 102 Å². The molecule has 1 unspecified atom stereocenters. The standard InChI is InChI=1S/C14H21Br/c1-12(2)8-6-7-11-14(15)13-9-4-3-5-10-13/h3-5,9-10,12,14H,6-8,11H2,1-2H3. The molecule has 0 saturated heterocycles. The van der Waals surface area contributed by atoms with Crippen LogP contribution in [0.1, 0.15) is 49.9 Å². The fraction of sp³-hybridized carbons (Fsp3) is 0.571. The van der Waals surface area contributed by atoms with Crippen LogP contribution < -0.4 is 0 Å². The highest BCUT2D eigenvalue weighted by Crippen LogP contribution is 2.28. The van der Waals surface area contributed by atoms with Crippen LogP contribution in [-0.2, 0) is 0 Å². The van der Waals surface area contributed by atoms with Gasteiger partial charge in [0, 0.05) is 4.83 Å². The Kier molecular flexibility index (Phi) is 6.00. The van der Waals surface area contributed by atoms with Gasteiger partial charge in [-0.3, -0.25) is 0 Å². The second kappa shape index (κ2) is 7.05. The van der Waals surface area contributed by atoms with E-state index in [-0.39, 0.29) is 0 Å². The molecule has 1 rings (SSSR count). The third kappa shape index (κ3) is 5.36. The molecule has 0 aromatic heterocycles. The Bertz CT molecular complexity index is 253. The van der Waals surface area contributed by atoms with E-state index >= 15 is 0 Å². The predicted octanol–water partition coefficient (Wildman–Crippen LogP) is 5.34. The minimum absolute atomic E-state index is 0.533. The first-order valence-corrected chi connectivity index (χ1v) is 6.80. The van der Waals surface area contributed by atoms with Crippen LogP contribution in [0.5, 0.6) is 0 Å². The van der Waals surface area contributed by atoms with Crippen molar-refractivity contribution in [2.24, 2.45) is 5.92 Å². The molecule has 0 N–H and O–H groups in total. The van der Waals surface area contributed by atoms with E-state index < -0.39 is 0 Å². The largest absolute Gasteiger partial charge is 0.0839 e. The van der Waals surface area contributed by atoms with Gasteiger partial charge in [0.15, 0.2) is 0 Å². The zero-order valence-electron chi connectivity index (χ0n) is 9.75. The fourth-order valence-electron chi connectivity index (χ4n) is 1.70. The summed E-state index contributed by atoms with van der Waals surface area (Å²) in [5.41, 5.74) is 1.40. The van der Waals surface area contributed by atoms with Crippen molar-refractivity contribution >= 4 is 15.9 Å². The van der Waals surface area contributed by atoms with E-state index in [0.717, 1.165) is 5.92 Å². The second-order valence-corrected chi connectivity index (χ2v) is 5.66. The first kappa shape index (κ1) is 12.8. The first-order chi connectivity index (χ1) is 7.20. The molecule has 1 atom stereocenters. The highest BCUT2D eigenvalue weighted by molar-refractivity contribution is 9.09. The van der Waals surface area contributed by atoms with Crippen LogP contribution in [0, 0.1) is 5.92 Å². The predicted molar refractivity (Wildman–Crippen MR) is 71.4 cm³/mol. The molecule has 15 heavy (non-hydrogen) atoms. The quantitative estimate of drug-likeness (QED) is 0.483. The molecule has 0 amide bonds. The van der Waals surface area contributed by atoms with Crippen molar-refractivity contribution in [2.75, 3.05) is 0 Å². The summed E-state index contributed by atoms with van der Waals surface area (Å²) in [4.78, 5) is 0.533. The lowest BCUT2D eigenvalue weighted by Crippen LogP contribution is -1.92. The normalized spacial score (nSPS) is 13.1. The van der Waals surface area contributed by atoms with Crippen LogP contribution >= 0.6 is 15.9 Å². The van der Waals surface area contributed by atoms with Crippen LogP contribution in [0.2, 0.25) is 0 Å². The number of rotatable bonds is 6. The summed E-state index contributed by atoms with van der Waals surface area (Å²) in [6.45, 7) is 4.59. The highest BCUT2D eigenvalue weighted by Gasteiger charge is 2.06. The molecule has 0 aliphatic carbocycles. The molecule has 0 aliphatic rings. The van der Waals surface area contributed by atoms with Gasteiger partial charge in [0.2, 0.25) is 0 Å². The molecule has 1 heteroatoms. The van der Waals surface area contributed by atoms with E-state index in [4.69, 9.17) is 0 Å². The lowest BCUT2D eigenvalue weighted by atomic mass is 10.0. The fourth-order valence-corrected chi connectivity index (χ4v) is 2.33. The maximum atomic E-state index is 3.75. The van der Waals surface area contributed by atoms with E-state index in [2.05, 4.69) is 60.1 Å². The van der Waals surface area contributed by atoms with Crippen LogP contribution in [0.25, 0.3) is 0 Å². The van der Waals surface area contributed by atoms with Gasteiger partial charge in [-0.25, -0.2) is 0 Å². The average Bonchev–Trinajstić information content (AvgIpc) is 2.25. The average molecular weight is 269 g/mol. The van der Waals surface area contributed by atoms with E-state index in [0.29, 0.717) is 4.83 Å². The van der Waals surface area contributed by atoms with Gasteiger partial charge in [0.25, 0.3) is 0 Å². The number of alkyl halides is 1. The highest BCUT2D eigenvalue weighted by atomic mass is 79.9. The molecule has 0 aliphatic heterocycles. The summed E-state index contributed by atoms with van der Waals surface area (Å²) in [6, 6.07) is 10.7. The Hall–Kier alpha value is -0.300. The molecule has 0 fully saturated rings. The molecule has 1 aromatic rings. The van der Waals surface area contributed by atoms with Crippen molar-refractivity contribution in [3.05, 3.63) is 35.9 Å². The Morgan fingerprint density at radius 3 is 2.20 bits per heavy atom. The summed E-state index contributed by atoms with van der Waals surface area (Å²) >= 11 is 3.75. The summed E-state index contributed by atoms with van der Waals surface area (Å²) in [5.74, 6) is 0.843. The van der Waals surface area contributed by atoms with Crippen molar-refractivity contribution in [3.8, 4) is 0 Å². The number of halogens is 1. The van der Waals surface area contributed by atoms with Crippen LogP contribution in [0.4, 0.5) is 0 Å². The summed E-state index contributed by atoms with van der Waals surface area (Å²) < 4.78 is 0. The van der Waals surface area contributed by atoms with Crippen LogP contribution in [0.15, 0.2) is 30.3 Å². The lowest BCUT2D eigenvalue weighted by Gasteiger charge is -2.10. The minimum Gasteiger partial charge on any atom is -0.0839 e. The van der Waals surface area contributed by atoms with Crippen molar-refractivity contribution < 1.29 is 0 Å². The van der Waals surface area contributed by atoms with Gasteiger partial charge < -0.3 is 0 Å². The maximum absolute atomic E-state index is 3.75. The smallest absolute Gasteiger partial charge is 0.0395 e. The number of unbranched alkanes of at least 4 members (excludes halogenated alkanes) is 1. The Morgan fingerprint density at radius 1 is 1.00 bits per heavy atom. The van der Waals surface area contributed by atoms with Gasteiger partial charge in [0.1, 0.15) is 0 Å². The van der Waals surface area contributed by atoms with Gasteiger partial charge in [-0.05, 0) is 17.9 Å². The molecule has 0 radical (unpaired) electrons. The summed E-state index contributed by atoms with van der Waals surface area (Å²) in [7, 11) is 0. The zero-order valence-corrected chi connectivity index (χ0v) is 11.3. The topological polar surface area (TPSA) is 0 Å². The van der Waals surface area contributed by atoms with Gasteiger partial charge in [0.05, 0.1) is 0 Å². The number of hydrogen-bond donors (Lipinski definition) is 0. The molecule has 0 bridgehead atoms. The molecule has 84 valence electrons. The zero-order chi connectivity index (χ0) is 11.1. The van der Waals surface area contributed by atoms with Gasteiger partial charge in [-0.2, -0.15) is 0 Å². The summed E-state index contributed by atoms with van der Waals surface area (Å²) in [5, 5.41) is 0. The first-order valence-electron chi connectivity index (χ1n) is 5.89. The Balaban J connectivity index is 2.22. The molecule has 0 nitrogen and oxygen atoms in total. The Morgan fingerprint density at radius 2 is 1.60 bits per heavy atom. The van der Waals surface area contributed by atoms with E-state index in [1.165, 1.54) is 31.2 Å². The SMILES string of the molecule is CC(C)CCCCC(Br)c1ccccc1. The van der Waals surface area contributed by atoms with E-state index in [9.17, 15) is 0 Å². The minimum atomic E-state index is 0.533. The maximum Gasteiger partial charge on any atom is 0.0395 e. The van der Waals surface area contributed by atoms with Gasteiger partial charge in [-0.15, -0.1) is 0 Å². The van der Waals surface area contributed by atoms with Crippen LogP contribution in [-0.4, -0.2) is 0 Å². The van der Waals surface area contributed by atoms with Gasteiger partial charge in [-0.1, -0.05) is 79.4 Å². The third-order valence-electron chi connectivity index (χ3n) is 2.65. The number of hydrogen-bond acceptors (Lipinski definition) is 0. The molecule has 0 saturated carbocycles. The molecule has 0 heterocycles. The monoisotopic (exact) mass is 268 g/mol. The summed E-state index contributed by atoms with van der Waals surface area (Å²) in [6.07, 6.45) is 5.28. The third-order valence-corrected chi connectivity index (χ3v) is 3.64. The van der Waals surface area contributed by atoms with Crippen molar-refractivity contribution in [1.29, 1.82) is 0 Å². The molecule has 0 spiro atoms. The number of benzene rings is 1. The molecular formula is C14H21Br.